The minimum Gasteiger partial charge on any atom is -0.497 e. The molecular formula is C31H31N3O3. The van der Waals surface area contributed by atoms with Crippen LogP contribution in [0.15, 0.2) is 79.0 Å². The molecule has 0 spiro atoms. The highest BCUT2D eigenvalue weighted by Crippen LogP contribution is 2.35. The molecule has 1 fully saturated rings. The van der Waals surface area contributed by atoms with Crippen LogP contribution in [0.1, 0.15) is 41.0 Å². The number of carbonyl (C=O) groups is 1. The molecule has 1 saturated carbocycles. The van der Waals surface area contributed by atoms with Crippen molar-refractivity contribution >= 4 is 5.91 Å². The van der Waals surface area contributed by atoms with E-state index in [1.54, 1.807) is 7.11 Å². The van der Waals surface area contributed by atoms with Crippen LogP contribution in [0.25, 0.3) is 11.3 Å². The highest BCUT2D eigenvalue weighted by atomic mass is 16.5. The van der Waals surface area contributed by atoms with E-state index in [1.165, 1.54) is 0 Å². The van der Waals surface area contributed by atoms with E-state index >= 15 is 0 Å². The Morgan fingerprint density at radius 3 is 2.65 bits per heavy atom. The Morgan fingerprint density at radius 1 is 1.03 bits per heavy atom. The van der Waals surface area contributed by atoms with Crippen molar-refractivity contribution in [3.63, 3.8) is 0 Å². The maximum absolute atomic E-state index is 13.7. The van der Waals surface area contributed by atoms with Crippen molar-refractivity contribution < 1.29 is 14.3 Å². The predicted molar refractivity (Wildman–Crippen MR) is 143 cm³/mol. The van der Waals surface area contributed by atoms with Crippen LogP contribution >= 0.6 is 0 Å². The molecule has 0 atom stereocenters. The first-order chi connectivity index (χ1) is 18.2. The maximum Gasteiger partial charge on any atom is 0.254 e. The maximum atomic E-state index is 13.7. The van der Waals surface area contributed by atoms with E-state index in [4.69, 9.17) is 14.5 Å². The van der Waals surface area contributed by atoms with E-state index in [9.17, 15) is 4.79 Å². The highest BCUT2D eigenvalue weighted by molar-refractivity contribution is 5.94. The van der Waals surface area contributed by atoms with Crippen LogP contribution in [0.4, 0.5) is 0 Å². The number of amides is 1. The van der Waals surface area contributed by atoms with Crippen LogP contribution in [-0.2, 0) is 19.5 Å². The number of aromatic nitrogens is 2. The van der Waals surface area contributed by atoms with Crippen molar-refractivity contribution in [1.29, 1.82) is 0 Å². The summed E-state index contributed by atoms with van der Waals surface area (Å²) in [4.78, 5) is 20.6. The van der Waals surface area contributed by atoms with Gasteiger partial charge in [0.1, 0.15) is 23.1 Å². The Morgan fingerprint density at radius 2 is 1.86 bits per heavy atom. The molecule has 0 unspecified atom stereocenters. The number of imidazole rings is 1. The van der Waals surface area contributed by atoms with Gasteiger partial charge in [0.2, 0.25) is 0 Å². The largest absolute Gasteiger partial charge is 0.497 e. The fraction of sp³-hybridized carbons (Fsp3) is 0.290. The van der Waals surface area contributed by atoms with Gasteiger partial charge in [0, 0.05) is 48.9 Å². The second-order valence-corrected chi connectivity index (χ2v) is 9.94. The predicted octanol–water partition coefficient (Wildman–Crippen LogP) is 6.35. The van der Waals surface area contributed by atoms with Crippen molar-refractivity contribution in [1.82, 2.24) is 14.5 Å². The van der Waals surface area contributed by atoms with Gasteiger partial charge in [0.05, 0.1) is 12.8 Å². The third kappa shape index (κ3) is 5.24. The Kier molecular flexibility index (Phi) is 6.39. The van der Waals surface area contributed by atoms with Crippen molar-refractivity contribution in [2.45, 2.75) is 38.8 Å². The second-order valence-electron chi connectivity index (χ2n) is 9.94. The quantitative estimate of drug-likeness (QED) is 0.273. The van der Waals surface area contributed by atoms with Crippen molar-refractivity contribution in [3.8, 4) is 28.5 Å². The fourth-order valence-electron chi connectivity index (χ4n) is 4.95. The van der Waals surface area contributed by atoms with Crippen LogP contribution in [0.2, 0.25) is 0 Å². The summed E-state index contributed by atoms with van der Waals surface area (Å²) in [6, 6.07) is 23.4. The molecule has 4 aromatic rings. The number of nitrogens with zero attached hydrogens (tertiary/aromatic N) is 3. The second kappa shape index (κ2) is 10.1. The lowest BCUT2D eigenvalue weighted by molar-refractivity contribution is 0.0733. The van der Waals surface area contributed by atoms with Crippen molar-refractivity contribution in [3.05, 3.63) is 95.9 Å². The van der Waals surface area contributed by atoms with Crippen molar-refractivity contribution in [2.75, 3.05) is 13.7 Å². The van der Waals surface area contributed by atoms with Gasteiger partial charge in [0.25, 0.3) is 5.91 Å². The van der Waals surface area contributed by atoms with E-state index in [2.05, 4.69) is 22.9 Å². The zero-order valence-electron chi connectivity index (χ0n) is 21.1. The number of rotatable bonds is 9. The molecule has 1 aliphatic heterocycles. The number of hydrogen-bond acceptors (Lipinski definition) is 4. The first-order valence-electron chi connectivity index (χ1n) is 13.0. The van der Waals surface area contributed by atoms with Crippen LogP contribution in [0, 0.1) is 5.92 Å². The van der Waals surface area contributed by atoms with Gasteiger partial charge >= 0.3 is 0 Å². The average Bonchev–Trinajstić information content (AvgIpc) is 3.49. The van der Waals surface area contributed by atoms with E-state index in [1.807, 2.05) is 65.6 Å². The summed E-state index contributed by atoms with van der Waals surface area (Å²) in [5.74, 6) is 3.89. The Labute approximate surface area is 217 Å². The molecule has 3 aromatic carbocycles. The molecule has 2 heterocycles. The normalized spacial score (nSPS) is 14.3. The number of benzene rings is 3. The summed E-state index contributed by atoms with van der Waals surface area (Å²) in [6.45, 7) is 2.20. The molecule has 188 valence electrons. The Balaban J connectivity index is 1.35. The van der Waals surface area contributed by atoms with Gasteiger partial charge < -0.3 is 18.9 Å². The fourth-order valence-corrected chi connectivity index (χ4v) is 4.95. The molecular weight excluding hydrogens is 462 g/mol. The monoisotopic (exact) mass is 493 g/mol. The summed E-state index contributed by atoms with van der Waals surface area (Å²) in [7, 11) is 1.62. The first-order valence-corrected chi connectivity index (χ1v) is 13.0. The van der Waals surface area contributed by atoms with Crippen molar-refractivity contribution in [2.24, 2.45) is 5.92 Å². The van der Waals surface area contributed by atoms with Crippen LogP contribution in [-0.4, -0.2) is 34.0 Å². The minimum absolute atomic E-state index is 0.00262. The minimum atomic E-state index is 0.00262. The Bertz CT molecular complexity index is 1390. The van der Waals surface area contributed by atoms with E-state index in [-0.39, 0.29) is 5.91 Å². The summed E-state index contributed by atoms with van der Waals surface area (Å²) < 4.78 is 13.9. The molecule has 2 aliphatic rings. The van der Waals surface area contributed by atoms with Gasteiger partial charge in [-0.1, -0.05) is 24.3 Å². The zero-order valence-corrected chi connectivity index (χ0v) is 21.1. The van der Waals surface area contributed by atoms with Crippen LogP contribution < -0.4 is 9.47 Å². The van der Waals surface area contributed by atoms with Gasteiger partial charge in [-0.25, -0.2) is 4.98 Å². The number of para-hydroxylation sites is 1. The lowest BCUT2D eigenvalue weighted by Gasteiger charge is -2.25. The number of hydrogen-bond donors (Lipinski definition) is 0. The molecule has 0 saturated heterocycles. The molecule has 37 heavy (non-hydrogen) atoms. The van der Waals surface area contributed by atoms with E-state index in [0.29, 0.717) is 23.8 Å². The topological polar surface area (TPSA) is 56.6 Å². The summed E-state index contributed by atoms with van der Waals surface area (Å²) in [6.07, 6.45) is 6.64. The smallest absolute Gasteiger partial charge is 0.254 e. The van der Waals surface area contributed by atoms with Crippen LogP contribution in [0.5, 0.6) is 17.2 Å². The van der Waals surface area contributed by atoms with Crippen LogP contribution in [0.3, 0.4) is 0 Å². The van der Waals surface area contributed by atoms with E-state index in [0.717, 1.165) is 72.9 Å². The summed E-state index contributed by atoms with van der Waals surface area (Å²) in [5.41, 5.74) is 3.60. The molecule has 0 bridgehead atoms. The molecule has 1 amide bonds. The van der Waals surface area contributed by atoms with Gasteiger partial charge in [-0.05, 0) is 73.7 Å². The molecule has 6 heteroatoms. The zero-order chi connectivity index (χ0) is 25.2. The third-order valence-electron chi connectivity index (χ3n) is 7.13. The highest BCUT2D eigenvalue weighted by Gasteiger charge is 2.28. The van der Waals surface area contributed by atoms with Gasteiger partial charge in [0.15, 0.2) is 0 Å². The number of aryl methyl sites for hydroxylation is 2. The standard InChI is InChI=1S/C31H31N3O3/c1-36-27-10-5-7-24(18-27)31(35)34(19-22-12-13-22)20-25-17-23(28-21-33-16-6-11-30(33)32-28)14-15-29(25)37-26-8-3-2-4-9-26/h2-5,7-10,14-15,17-18,21-22H,6,11-13,16,19-20H2,1H3. The number of ether oxygens (including phenoxy) is 2. The number of fused-ring (bicyclic) bond motifs is 1. The van der Waals surface area contributed by atoms with Gasteiger partial charge in [-0.15, -0.1) is 0 Å². The first kappa shape index (κ1) is 23.3. The average molecular weight is 494 g/mol. The lowest BCUT2D eigenvalue weighted by atomic mass is 10.1. The third-order valence-corrected chi connectivity index (χ3v) is 7.13. The number of methoxy groups -OCH3 is 1. The molecule has 0 N–H and O–H groups in total. The lowest BCUT2D eigenvalue weighted by Crippen LogP contribution is -2.32. The number of carbonyl (C=O) groups excluding carboxylic acids is 1. The molecule has 1 aromatic heterocycles. The SMILES string of the molecule is COc1cccc(C(=O)N(Cc2cc(-c3cn4c(n3)CCC4)ccc2Oc2ccccc2)CC2CC2)c1. The van der Waals surface area contributed by atoms with Gasteiger partial charge in [-0.2, -0.15) is 0 Å². The Hall–Kier alpha value is -4.06. The summed E-state index contributed by atoms with van der Waals surface area (Å²) in [5, 5.41) is 0. The van der Waals surface area contributed by atoms with Gasteiger partial charge in [-0.3, -0.25) is 4.79 Å². The molecule has 1 aliphatic carbocycles. The summed E-state index contributed by atoms with van der Waals surface area (Å²) >= 11 is 0. The molecule has 6 nitrogen and oxygen atoms in total. The molecule has 6 rings (SSSR count). The molecule has 0 radical (unpaired) electrons. The van der Waals surface area contributed by atoms with E-state index < -0.39 is 0 Å².